The summed E-state index contributed by atoms with van der Waals surface area (Å²) in [6, 6.07) is 10.2. The molecule has 168 valence electrons. The van der Waals surface area contributed by atoms with E-state index in [1.807, 2.05) is 29.0 Å². The second-order valence-electron chi connectivity index (χ2n) is 8.09. The monoisotopic (exact) mass is 451 g/mol. The lowest BCUT2D eigenvalue weighted by Crippen LogP contribution is -2.45. The predicted molar refractivity (Wildman–Crippen MR) is 127 cm³/mol. The smallest absolute Gasteiger partial charge is 0.230 e. The Morgan fingerprint density at radius 2 is 1.94 bits per heavy atom. The minimum Gasteiger partial charge on any atom is -0.354 e. The van der Waals surface area contributed by atoms with Crippen LogP contribution in [0.3, 0.4) is 0 Å². The zero-order valence-corrected chi connectivity index (χ0v) is 19.6. The van der Waals surface area contributed by atoms with Crippen molar-refractivity contribution in [2.24, 2.45) is 0 Å². The number of carbonyl (C=O) groups excluding carboxylic acids is 1. The molecule has 3 aromatic rings. The van der Waals surface area contributed by atoms with Crippen molar-refractivity contribution in [2.75, 3.05) is 43.9 Å². The Labute approximate surface area is 193 Å². The number of pyridine rings is 1. The summed E-state index contributed by atoms with van der Waals surface area (Å²) in [7, 11) is 2.13. The second-order valence-corrected chi connectivity index (χ2v) is 9.04. The Hall–Kier alpha value is -2.91. The number of anilines is 1. The number of hydrogen-bond donors (Lipinski definition) is 1. The van der Waals surface area contributed by atoms with Gasteiger partial charge in [0, 0.05) is 50.2 Å². The summed E-state index contributed by atoms with van der Waals surface area (Å²) in [6.07, 6.45) is 3.50. The van der Waals surface area contributed by atoms with Crippen molar-refractivity contribution >= 4 is 23.5 Å². The van der Waals surface area contributed by atoms with Crippen molar-refractivity contribution in [1.29, 1.82) is 0 Å². The molecule has 1 saturated heterocycles. The fraction of sp³-hybridized carbons (Fsp3) is 0.391. The van der Waals surface area contributed by atoms with Gasteiger partial charge in [-0.3, -0.25) is 9.36 Å². The maximum atomic E-state index is 12.6. The van der Waals surface area contributed by atoms with Crippen LogP contribution in [0, 0.1) is 13.8 Å². The molecule has 3 heterocycles. The first-order valence-corrected chi connectivity index (χ1v) is 11.7. The first kappa shape index (κ1) is 22.3. The number of likely N-dealkylation sites (N-methyl/N-ethyl adjacent to an activating group) is 1. The summed E-state index contributed by atoms with van der Waals surface area (Å²) in [5, 5.41) is 12.0. The third kappa shape index (κ3) is 5.28. The molecule has 1 amide bonds. The van der Waals surface area contributed by atoms with Gasteiger partial charge in [0.05, 0.1) is 5.75 Å². The molecule has 0 unspecified atom stereocenters. The molecule has 4 rings (SSSR count). The van der Waals surface area contributed by atoms with Crippen LogP contribution in [0.2, 0.25) is 0 Å². The Kier molecular flexibility index (Phi) is 7.06. The van der Waals surface area contributed by atoms with E-state index in [9.17, 15) is 4.79 Å². The first-order chi connectivity index (χ1) is 15.5. The summed E-state index contributed by atoms with van der Waals surface area (Å²) < 4.78 is 1.91. The van der Waals surface area contributed by atoms with Gasteiger partial charge in [0.25, 0.3) is 0 Å². The molecule has 2 aromatic heterocycles. The van der Waals surface area contributed by atoms with Crippen LogP contribution in [0.4, 0.5) is 5.82 Å². The van der Waals surface area contributed by atoms with Gasteiger partial charge in [-0.05, 0) is 50.2 Å². The molecule has 0 bridgehead atoms. The lowest BCUT2D eigenvalue weighted by atomic mass is 10.1. The number of hydrogen-bond acceptors (Lipinski definition) is 7. The highest BCUT2D eigenvalue weighted by molar-refractivity contribution is 7.99. The number of carbonyl (C=O) groups is 1. The Morgan fingerprint density at radius 3 is 2.72 bits per heavy atom. The van der Waals surface area contributed by atoms with Crippen LogP contribution in [0.25, 0.3) is 5.69 Å². The summed E-state index contributed by atoms with van der Waals surface area (Å²) in [6.45, 7) is 8.54. The molecule has 1 fully saturated rings. The van der Waals surface area contributed by atoms with Gasteiger partial charge in [-0.15, -0.1) is 10.2 Å². The van der Waals surface area contributed by atoms with E-state index >= 15 is 0 Å². The van der Waals surface area contributed by atoms with Crippen molar-refractivity contribution in [3.63, 3.8) is 0 Å². The molecular formula is C23H29N7OS. The fourth-order valence-corrected chi connectivity index (χ4v) is 4.38. The quantitative estimate of drug-likeness (QED) is 0.553. The van der Waals surface area contributed by atoms with Crippen LogP contribution >= 0.6 is 11.8 Å². The number of aryl methyl sites for hydroxylation is 2. The Bertz CT molecular complexity index is 1080. The SMILES string of the molecule is Cc1ccc(-n2cnnc2SCC(=O)NCc2cccnc2N2CCN(C)CC2)cc1C. The van der Waals surface area contributed by atoms with Crippen LogP contribution in [0.5, 0.6) is 0 Å². The highest BCUT2D eigenvalue weighted by Gasteiger charge is 2.18. The van der Waals surface area contributed by atoms with Crippen LogP contribution < -0.4 is 10.2 Å². The van der Waals surface area contributed by atoms with E-state index in [1.165, 1.54) is 22.9 Å². The van der Waals surface area contributed by atoms with Gasteiger partial charge < -0.3 is 15.1 Å². The molecule has 32 heavy (non-hydrogen) atoms. The van der Waals surface area contributed by atoms with Gasteiger partial charge in [0.15, 0.2) is 5.16 Å². The molecule has 1 aromatic carbocycles. The average molecular weight is 452 g/mol. The largest absolute Gasteiger partial charge is 0.354 e. The number of nitrogens with one attached hydrogen (secondary N) is 1. The van der Waals surface area contributed by atoms with Crippen molar-refractivity contribution in [2.45, 2.75) is 25.5 Å². The van der Waals surface area contributed by atoms with E-state index in [1.54, 1.807) is 6.33 Å². The van der Waals surface area contributed by atoms with E-state index in [2.05, 4.69) is 63.3 Å². The molecule has 1 N–H and O–H groups in total. The van der Waals surface area contributed by atoms with Gasteiger partial charge in [-0.25, -0.2) is 4.98 Å². The third-order valence-electron chi connectivity index (χ3n) is 5.76. The lowest BCUT2D eigenvalue weighted by molar-refractivity contribution is -0.118. The van der Waals surface area contributed by atoms with Gasteiger partial charge in [-0.2, -0.15) is 0 Å². The molecule has 1 aliphatic heterocycles. The molecule has 1 aliphatic rings. The van der Waals surface area contributed by atoms with Gasteiger partial charge in [0.2, 0.25) is 5.91 Å². The summed E-state index contributed by atoms with van der Waals surface area (Å²) in [5.41, 5.74) is 4.47. The molecule has 9 heteroatoms. The Morgan fingerprint density at radius 1 is 1.12 bits per heavy atom. The van der Waals surface area contributed by atoms with Crippen LogP contribution in [0.1, 0.15) is 16.7 Å². The second kappa shape index (κ2) is 10.1. The maximum absolute atomic E-state index is 12.6. The maximum Gasteiger partial charge on any atom is 0.230 e. The first-order valence-electron chi connectivity index (χ1n) is 10.8. The predicted octanol–water partition coefficient (Wildman–Crippen LogP) is 2.44. The molecular weight excluding hydrogens is 422 g/mol. The number of piperazine rings is 1. The summed E-state index contributed by atoms with van der Waals surface area (Å²) in [5.74, 6) is 1.19. The number of benzene rings is 1. The van der Waals surface area contributed by atoms with E-state index < -0.39 is 0 Å². The average Bonchev–Trinajstić information content (AvgIpc) is 3.27. The van der Waals surface area contributed by atoms with Crippen molar-refractivity contribution in [1.82, 2.24) is 30.0 Å². The van der Waals surface area contributed by atoms with Crippen LogP contribution in [-0.4, -0.2) is 69.5 Å². The number of rotatable bonds is 7. The summed E-state index contributed by atoms with van der Waals surface area (Å²) in [4.78, 5) is 21.7. The van der Waals surface area contributed by atoms with Crippen LogP contribution in [-0.2, 0) is 11.3 Å². The molecule has 0 saturated carbocycles. The van der Waals surface area contributed by atoms with Crippen molar-refractivity contribution in [3.05, 3.63) is 59.5 Å². The fourth-order valence-electron chi connectivity index (χ4n) is 3.62. The zero-order chi connectivity index (χ0) is 22.5. The zero-order valence-electron chi connectivity index (χ0n) is 18.8. The molecule has 8 nitrogen and oxygen atoms in total. The van der Waals surface area contributed by atoms with Crippen LogP contribution in [0.15, 0.2) is 48.0 Å². The van der Waals surface area contributed by atoms with Gasteiger partial charge in [0.1, 0.15) is 12.1 Å². The number of nitrogens with zero attached hydrogens (tertiary/aromatic N) is 6. The van der Waals surface area contributed by atoms with Gasteiger partial charge in [-0.1, -0.05) is 23.9 Å². The lowest BCUT2D eigenvalue weighted by Gasteiger charge is -2.34. The number of amides is 1. The molecule has 0 atom stereocenters. The highest BCUT2D eigenvalue weighted by atomic mass is 32.2. The minimum absolute atomic E-state index is 0.0437. The number of thioether (sulfide) groups is 1. The number of aromatic nitrogens is 4. The molecule has 0 aliphatic carbocycles. The highest BCUT2D eigenvalue weighted by Crippen LogP contribution is 2.22. The van der Waals surface area contributed by atoms with E-state index in [4.69, 9.17) is 0 Å². The molecule has 0 radical (unpaired) electrons. The normalized spacial score (nSPS) is 14.5. The minimum atomic E-state index is -0.0437. The van der Waals surface area contributed by atoms with E-state index in [-0.39, 0.29) is 11.7 Å². The van der Waals surface area contributed by atoms with E-state index in [0.717, 1.165) is 43.2 Å². The third-order valence-corrected chi connectivity index (χ3v) is 6.71. The van der Waals surface area contributed by atoms with Crippen molar-refractivity contribution < 1.29 is 4.79 Å². The topological polar surface area (TPSA) is 79.2 Å². The Balaban J connectivity index is 1.34. The summed E-state index contributed by atoms with van der Waals surface area (Å²) >= 11 is 1.38. The standard InChI is InChI=1S/C23H29N7OS/c1-17-6-7-20(13-18(17)2)30-16-26-27-23(30)32-15-21(31)25-14-19-5-4-8-24-22(19)29-11-9-28(3)10-12-29/h4-8,13,16H,9-12,14-15H2,1-3H3,(H,25,31). The van der Waals surface area contributed by atoms with E-state index in [0.29, 0.717) is 11.7 Å². The molecule has 0 spiro atoms. The van der Waals surface area contributed by atoms with Crippen molar-refractivity contribution in [3.8, 4) is 5.69 Å². The van der Waals surface area contributed by atoms with Gasteiger partial charge >= 0.3 is 0 Å².